The first kappa shape index (κ1) is 22.3. The van der Waals surface area contributed by atoms with Crippen LogP contribution in [0.5, 0.6) is 0 Å². The number of halogens is 2. The Hall–Kier alpha value is -1.03. The van der Waals surface area contributed by atoms with Gasteiger partial charge in [-0.1, -0.05) is 11.6 Å². The number of aromatic nitrogens is 1. The molecule has 0 radical (unpaired) electrons. The van der Waals surface area contributed by atoms with Gasteiger partial charge >= 0.3 is 0 Å². The minimum atomic E-state index is -0.0000403. The summed E-state index contributed by atoms with van der Waals surface area (Å²) in [5.41, 5.74) is 2.32. The molecule has 0 amide bonds. The number of aromatic amines is 1. The van der Waals surface area contributed by atoms with Crippen molar-refractivity contribution in [1.29, 1.82) is 0 Å². The molecule has 1 aliphatic rings. The maximum Gasteiger partial charge on any atom is 0.191 e. The zero-order valence-electron chi connectivity index (χ0n) is 15.6. The number of aliphatic hydroxyl groups excluding tert-OH is 1. The Balaban J connectivity index is 0.00000261. The molecule has 0 spiro atoms. The van der Waals surface area contributed by atoms with Crippen molar-refractivity contribution in [3.05, 3.63) is 35.0 Å². The monoisotopic (exact) mass is 506 g/mol. The lowest BCUT2D eigenvalue weighted by Crippen LogP contribution is -2.45. The summed E-state index contributed by atoms with van der Waals surface area (Å²) in [7, 11) is 1.77. The Labute approximate surface area is 182 Å². The number of benzene rings is 1. The van der Waals surface area contributed by atoms with Gasteiger partial charge in [-0.05, 0) is 43.0 Å². The van der Waals surface area contributed by atoms with Crippen LogP contribution < -0.4 is 10.6 Å². The van der Waals surface area contributed by atoms with E-state index in [1.54, 1.807) is 7.05 Å². The molecule has 3 rings (SSSR count). The summed E-state index contributed by atoms with van der Waals surface area (Å²) in [5.74, 6) is 0.770. The van der Waals surface area contributed by atoms with Crippen molar-refractivity contribution in [3.63, 3.8) is 0 Å². The smallest absolute Gasteiger partial charge is 0.191 e. The van der Waals surface area contributed by atoms with Crippen LogP contribution in [0.4, 0.5) is 0 Å². The Bertz CT molecular complexity index is 759. The zero-order valence-corrected chi connectivity index (χ0v) is 18.6. The Morgan fingerprint density at radius 2 is 2.26 bits per heavy atom. The molecule has 1 fully saturated rings. The van der Waals surface area contributed by atoms with Gasteiger partial charge in [0.2, 0.25) is 0 Å². The number of aliphatic imine (C=N–C) groups is 1. The summed E-state index contributed by atoms with van der Waals surface area (Å²) in [4.78, 5) is 7.58. The molecule has 1 aliphatic heterocycles. The Morgan fingerprint density at radius 1 is 1.41 bits per heavy atom. The number of nitrogens with one attached hydrogen (secondary N) is 3. The normalized spacial score (nSPS) is 19.9. The summed E-state index contributed by atoms with van der Waals surface area (Å²) in [6.07, 6.45) is 4.61. The third kappa shape index (κ3) is 5.73. The first-order valence-corrected chi connectivity index (χ1v) is 9.42. The molecule has 1 aromatic carbocycles. The standard InChI is InChI=1S/C19H27ClN4O2.HI/c1-21-18(24-12-19(5-8-25)6-9-26-13-19)22-7-4-14-11-23-17-3-2-15(20)10-16(14)17;/h2-3,10-11,23,25H,4-9,12-13H2,1H3,(H2,21,22,24);1H. The number of rotatable bonds is 7. The SMILES string of the molecule is CN=C(NCCc1c[nH]c2ccc(Cl)cc12)NCC1(CCO)CCOC1.I. The van der Waals surface area contributed by atoms with Crippen molar-refractivity contribution in [3.8, 4) is 0 Å². The van der Waals surface area contributed by atoms with Crippen molar-refractivity contribution in [2.45, 2.75) is 19.3 Å². The van der Waals surface area contributed by atoms with E-state index in [9.17, 15) is 5.11 Å². The lowest BCUT2D eigenvalue weighted by Gasteiger charge is -2.27. The predicted molar refractivity (Wildman–Crippen MR) is 121 cm³/mol. The van der Waals surface area contributed by atoms with E-state index >= 15 is 0 Å². The van der Waals surface area contributed by atoms with Crippen molar-refractivity contribution in [2.24, 2.45) is 10.4 Å². The van der Waals surface area contributed by atoms with E-state index in [0.29, 0.717) is 6.61 Å². The van der Waals surface area contributed by atoms with E-state index in [0.717, 1.165) is 60.8 Å². The number of fused-ring (bicyclic) bond motifs is 1. The van der Waals surface area contributed by atoms with Gasteiger partial charge < -0.3 is 25.5 Å². The topological polar surface area (TPSA) is 81.7 Å². The van der Waals surface area contributed by atoms with E-state index in [4.69, 9.17) is 16.3 Å². The van der Waals surface area contributed by atoms with E-state index in [-0.39, 0.29) is 36.0 Å². The average Bonchev–Trinajstić information content (AvgIpc) is 3.26. The van der Waals surface area contributed by atoms with E-state index in [1.807, 2.05) is 24.4 Å². The van der Waals surface area contributed by atoms with Gasteiger partial charge in [0.15, 0.2) is 5.96 Å². The van der Waals surface area contributed by atoms with Gasteiger partial charge in [0.25, 0.3) is 0 Å². The van der Waals surface area contributed by atoms with Crippen LogP contribution in [0.1, 0.15) is 18.4 Å². The second-order valence-electron chi connectivity index (χ2n) is 6.88. The highest BCUT2D eigenvalue weighted by molar-refractivity contribution is 14.0. The summed E-state index contributed by atoms with van der Waals surface area (Å²) < 4.78 is 5.53. The third-order valence-corrected chi connectivity index (χ3v) is 5.33. The molecule has 8 heteroatoms. The maximum absolute atomic E-state index is 9.33. The van der Waals surface area contributed by atoms with Gasteiger partial charge in [-0.2, -0.15) is 0 Å². The van der Waals surface area contributed by atoms with Gasteiger partial charge in [0.1, 0.15) is 0 Å². The molecule has 27 heavy (non-hydrogen) atoms. The van der Waals surface area contributed by atoms with Crippen LogP contribution in [0.15, 0.2) is 29.4 Å². The van der Waals surface area contributed by atoms with Gasteiger partial charge in [0, 0.05) is 60.9 Å². The highest BCUT2D eigenvalue weighted by atomic mass is 127. The fraction of sp³-hybridized carbons (Fsp3) is 0.526. The van der Waals surface area contributed by atoms with E-state index < -0.39 is 0 Å². The molecule has 4 N–H and O–H groups in total. The van der Waals surface area contributed by atoms with Crippen molar-refractivity contribution in [2.75, 3.05) is 40.0 Å². The van der Waals surface area contributed by atoms with Gasteiger partial charge in [-0.15, -0.1) is 24.0 Å². The minimum absolute atomic E-state index is 0. The number of hydrogen-bond donors (Lipinski definition) is 4. The molecule has 1 unspecified atom stereocenters. The summed E-state index contributed by atoms with van der Waals surface area (Å²) in [6.45, 7) is 3.14. The number of H-pyrrole nitrogens is 1. The van der Waals surface area contributed by atoms with Gasteiger partial charge in [-0.25, -0.2) is 0 Å². The molecule has 6 nitrogen and oxygen atoms in total. The number of ether oxygens (including phenoxy) is 1. The second-order valence-corrected chi connectivity index (χ2v) is 7.32. The zero-order chi connectivity index (χ0) is 18.4. The van der Waals surface area contributed by atoms with Crippen LogP contribution in [0.3, 0.4) is 0 Å². The van der Waals surface area contributed by atoms with Crippen LogP contribution in [0.2, 0.25) is 5.02 Å². The van der Waals surface area contributed by atoms with Gasteiger partial charge in [-0.3, -0.25) is 4.99 Å². The Morgan fingerprint density at radius 3 is 2.96 bits per heavy atom. The maximum atomic E-state index is 9.33. The molecular formula is C19H28ClIN4O2. The Kier molecular flexibility index (Phi) is 8.65. The van der Waals surface area contributed by atoms with Crippen LogP contribution in [0, 0.1) is 5.41 Å². The first-order chi connectivity index (χ1) is 12.7. The molecule has 0 saturated carbocycles. The van der Waals surface area contributed by atoms with Crippen LogP contribution in [-0.4, -0.2) is 56.0 Å². The molecule has 2 heterocycles. The van der Waals surface area contributed by atoms with Gasteiger partial charge in [0.05, 0.1) is 6.61 Å². The molecule has 0 bridgehead atoms. The summed E-state index contributed by atoms with van der Waals surface area (Å²) in [6, 6.07) is 5.89. The number of guanidine groups is 1. The van der Waals surface area contributed by atoms with Crippen molar-refractivity contribution >= 4 is 52.4 Å². The van der Waals surface area contributed by atoms with Crippen LogP contribution in [0.25, 0.3) is 10.9 Å². The van der Waals surface area contributed by atoms with E-state index in [2.05, 4.69) is 20.6 Å². The number of aliphatic hydroxyl groups is 1. The first-order valence-electron chi connectivity index (χ1n) is 9.04. The molecule has 1 atom stereocenters. The minimum Gasteiger partial charge on any atom is -0.396 e. The molecular weight excluding hydrogens is 479 g/mol. The van der Waals surface area contributed by atoms with Crippen molar-refractivity contribution in [1.82, 2.24) is 15.6 Å². The highest BCUT2D eigenvalue weighted by Gasteiger charge is 2.34. The third-order valence-electron chi connectivity index (χ3n) is 5.10. The second kappa shape index (κ2) is 10.5. The predicted octanol–water partition coefficient (Wildman–Crippen LogP) is 2.94. The summed E-state index contributed by atoms with van der Waals surface area (Å²) >= 11 is 6.11. The molecule has 150 valence electrons. The van der Waals surface area contributed by atoms with Crippen LogP contribution >= 0.6 is 35.6 Å². The molecule has 0 aliphatic carbocycles. The fourth-order valence-corrected chi connectivity index (χ4v) is 3.65. The highest BCUT2D eigenvalue weighted by Crippen LogP contribution is 2.31. The number of nitrogens with zero attached hydrogens (tertiary/aromatic N) is 1. The number of hydrogen-bond acceptors (Lipinski definition) is 3. The summed E-state index contributed by atoms with van der Waals surface area (Å²) in [5, 5.41) is 18.0. The van der Waals surface area contributed by atoms with Crippen molar-refractivity contribution < 1.29 is 9.84 Å². The largest absolute Gasteiger partial charge is 0.396 e. The molecule has 1 aromatic heterocycles. The van der Waals surface area contributed by atoms with E-state index in [1.165, 1.54) is 5.56 Å². The lowest BCUT2D eigenvalue weighted by atomic mass is 9.84. The van der Waals surface area contributed by atoms with Crippen LogP contribution in [-0.2, 0) is 11.2 Å². The lowest BCUT2D eigenvalue weighted by molar-refractivity contribution is 0.127. The quantitative estimate of drug-likeness (QED) is 0.264. The average molecular weight is 507 g/mol. The fourth-order valence-electron chi connectivity index (χ4n) is 3.48. The molecule has 1 saturated heterocycles. The molecule has 2 aromatic rings.